The summed E-state index contributed by atoms with van der Waals surface area (Å²) in [5.74, 6) is 0.619. The molecule has 1 fully saturated rings. The maximum atomic E-state index is 6.40. The van der Waals surface area contributed by atoms with E-state index in [4.69, 9.17) is 5.73 Å². The van der Waals surface area contributed by atoms with E-state index < -0.39 is 0 Å². The Kier molecular flexibility index (Phi) is 3.16. The molecule has 1 aliphatic rings. The van der Waals surface area contributed by atoms with Crippen LogP contribution in [0.15, 0.2) is 28.7 Å². The first-order chi connectivity index (χ1) is 7.76. The second-order valence-corrected chi connectivity index (χ2v) is 7.33. The largest absolute Gasteiger partial charge is 0.327 e. The molecule has 0 radical (unpaired) electrons. The van der Waals surface area contributed by atoms with E-state index in [1.807, 2.05) is 0 Å². The highest BCUT2D eigenvalue weighted by Crippen LogP contribution is 2.69. The second-order valence-electron chi connectivity index (χ2n) is 6.42. The quantitative estimate of drug-likeness (QED) is 0.896. The van der Waals surface area contributed by atoms with Crippen LogP contribution in [0, 0.1) is 16.7 Å². The molecule has 0 heterocycles. The number of rotatable bonds is 3. The fourth-order valence-corrected chi connectivity index (χ4v) is 3.82. The van der Waals surface area contributed by atoms with Gasteiger partial charge in [0.25, 0.3) is 0 Å². The predicted octanol–water partition coefficient (Wildman–Crippen LogP) is 4.00. The monoisotopic (exact) mass is 295 g/mol. The Hall–Kier alpha value is -0.340. The number of benzene rings is 1. The summed E-state index contributed by atoms with van der Waals surface area (Å²) < 4.78 is 1.14. The van der Waals surface area contributed by atoms with Crippen LogP contribution < -0.4 is 5.73 Å². The molecule has 0 spiro atoms. The Morgan fingerprint density at radius 3 is 2.29 bits per heavy atom. The van der Waals surface area contributed by atoms with Crippen molar-refractivity contribution >= 4 is 15.9 Å². The van der Waals surface area contributed by atoms with Crippen LogP contribution in [-0.4, -0.2) is 6.04 Å². The molecule has 2 heteroatoms. The van der Waals surface area contributed by atoms with E-state index in [2.05, 4.69) is 67.9 Å². The molecule has 2 N–H and O–H groups in total. The third-order valence-electron chi connectivity index (χ3n) is 4.92. The molecule has 1 atom stereocenters. The Morgan fingerprint density at radius 2 is 1.82 bits per heavy atom. The van der Waals surface area contributed by atoms with E-state index in [1.165, 1.54) is 5.56 Å². The van der Waals surface area contributed by atoms with Crippen molar-refractivity contribution in [3.63, 3.8) is 0 Å². The third kappa shape index (κ3) is 2.17. The van der Waals surface area contributed by atoms with Crippen LogP contribution >= 0.6 is 15.9 Å². The van der Waals surface area contributed by atoms with E-state index in [-0.39, 0.29) is 6.04 Å². The average molecular weight is 296 g/mol. The van der Waals surface area contributed by atoms with Crippen molar-refractivity contribution in [2.24, 2.45) is 22.5 Å². The molecule has 1 nitrogen and oxygen atoms in total. The molecule has 1 saturated carbocycles. The van der Waals surface area contributed by atoms with Gasteiger partial charge in [-0.05, 0) is 40.9 Å². The minimum Gasteiger partial charge on any atom is -0.327 e. The Bertz CT molecular complexity index is 409. The van der Waals surface area contributed by atoms with Crippen LogP contribution in [0.4, 0.5) is 0 Å². The lowest BCUT2D eigenvalue weighted by Gasteiger charge is -2.14. The molecule has 2 rings (SSSR count). The summed E-state index contributed by atoms with van der Waals surface area (Å²) in [6.45, 7) is 9.33. The van der Waals surface area contributed by atoms with Gasteiger partial charge in [-0.3, -0.25) is 0 Å². The summed E-state index contributed by atoms with van der Waals surface area (Å²) in [6.07, 6.45) is 0.969. The van der Waals surface area contributed by atoms with E-state index in [9.17, 15) is 0 Å². The SMILES string of the molecule is CC1(C)C(C(N)Cc2cccc(Br)c2)C1(C)C. The smallest absolute Gasteiger partial charge is 0.0178 e. The van der Waals surface area contributed by atoms with Crippen molar-refractivity contribution in [3.8, 4) is 0 Å². The highest BCUT2D eigenvalue weighted by molar-refractivity contribution is 9.10. The van der Waals surface area contributed by atoms with Gasteiger partial charge in [0.1, 0.15) is 0 Å². The number of hydrogen-bond donors (Lipinski definition) is 1. The lowest BCUT2D eigenvalue weighted by molar-refractivity contribution is 0.457. The first kappa shape index (κ1) is 13.1. The summed E-state index contributed by atoms with van der Waals surface area (Å²) in [4.78, 5) is 0. The number of hydrogen-bond acceptors (Lipinski definition) is 1. The van der Waals surface area contributed by atoms with Crippen LogP contribution in [0.5, 0.6) is 0 Å². The van der Waals surface area contributed by atoms with Crippen LogP contribution in [0.2, 0.25) is 0 Å². The fourth-order valence-electron chi connectivity index (χ4n) is 3.37. The van der Waals surface area contributed by atoms with Gasteiger partial charge in [-0.15, -0.1) is 0 Å². The summed E-state index contributed by atoms with van der Waals surface area (Å²) in [5.41, 5.74) is 8.47. The van der Waals surface area contributed by atoms with E-state index in [0.717, 1.165) is 10.9 Å². The molecule has 1 aliphatic carbocycles. The van der Waals surface area contributed by atoms with Crippen molar-refractivity contribution in [2.75, 3.05) is 0 Å². The standard InChI is InChI=1S/C15H22BrN/c1-14(2)13(15(14,3)4)12(17)9-10-6-5-7-11(16)8-10/h5-8,12-13H,9,17H2,1-4H3. The number of halogens is 1. The molecule has 0 amide bonds. The molecular formula is C15H22BrN. The summed E-state index contributed by atoms with van der Waals surface area (Å²) in [5, 5.41) is 0. The summed E-state index contributed by atoms with van der Waals surface area (Å²) >= 11 is 3.51. The molecule has 0 bridgehead atoms. The average Bonchev–Trinajstić information content (AvgIpc) is 2.56. The first-order valence-corrected chi connectivity index (χ1v) is 7.06. The molecular weight excluding hydrogens is 274 g/mol. The molecule has 0 aromatic heterocycles. The van der Waals surface area contributed by atoms with Crippen LogP contribution in [-0.2, 0) is 6.42 Å². The van der Waals surface area contributed by atoms with Gasteiger partial charge in [0.2, 0.25) is 0 Å². The van der Waals surface area contributed by atoms with Crippen LogP contribution in [0.1, 0.15) is 33.3 Å². The molecule has 0 aliphatic heterocycles. The van der Waals surface area contributed by atoms with Crippen molar-refractivity contribution in [1.29, 1.82) is 0 Å². The zero-order valence-corrected chi connectivity index (χ0v) is 12.7. The predicted molar refractivity (Wildman–Crippen MR) is 76.9 cm³/mol. The minimum atomic E-state index is 0.259. The topological polar surface area (TPSA) is 26.0 Å². The van der Waals surface area contributed by atoms with E-state index in [0.29, 0.717) is 16.7 Å². The Labute approximate surface area is 113 Å². The van der Waals surface area contributed by atoms with Crippen LogP contribution in [0.3, 0.4) is 0 Å². The van der Waals surface area contributed by atoms with E-state index in [1.54, 1.807) is 0 Å². The third-order valence-corrected chi connectivity index (χ3v) is 5.41. The van der Waals surface area contributed by atoms with Gasteiger partial charge in [-0.1, -0.05) is 55.8 Å². The zero-order chi connectivity index (χ0) is 12.8. The minimum absolute atomic E-state index is 0.259. The normalized spacial score (nSPS) is 23.4. The van der Waals surface area contributed by atoms with Crippen molar-refractivity contribution in [3.05, 3.63) is 34.3 Å². The van der Waals surface area contributed by atoms with E-state index >= 15 is 0 Å². The van der Waals surface area contributed by atoms with Gasteiger partial charge in [0.05, 0.1) is 0 Å². The Morgan fingerprint density at radius 1 is 1.24 bits per heavy atom. The molecule has 94 valence electrons. The lowest BCUT2D eigenvalue weighted by Crippen LogP contribution is -2.28. The summed E-state index contributed by atoms with van der Waals surface area (Å²) in [6, 6.07) is 8.72. The fraction of sp³-hybridized carbons (Fsp3) is 0.600. The lowest BCUT2D eigenvalue weighted by atomic mass is 9.98. The van der Waals surface area contributed by atoms with Gasteiger partial charge in [0, 0.05) is 10.5 Å². The Balaban J connectivity index is 2.07. The van der Waals surface area contributed by atoms with Crippen molar-refractivity contribution in [2.45, 2.75) is 40.2 Å². The second kappa shape index (κ2) is 4.10. The molecule has 17 heavy (non-hydrogen) atoms. The van der Waals surface area contributed by atoms with Gasteiger partial charge < -0.3 is 5.73 Å². The van der Waals surface area contributed by atoms with Gasteiger partial charge in [-0.25, -0.2) is 0 Å². The van der Waals surface area contributed by atoms with Gasteiger partial charge >= 0.3 is 0 Å². The maximum Gasteiger partial charge on any atom is 0.0178 e. The highest BCUT2D eigenvalue weighted by atomic mass is 79.9. The van der Waals surface area contributed by atoms with Crippen molar-refractivity contribution < 1.29 is 0 Å². The maximum absolute atomic E-state index is 6.40. The van der Waals surface area contributed by atoms with Gasteiger partial charge in [0.15, 0.2) is 0 Å². The molecule has 1 aromatic rings. The van der Waals surface area contributed by atoms with Gasteiger partial charge in [-0.2, -0.15) is 0 Å². The number of nitrogens with two attached hydrogens (primary N) is 1. The van der Waals surface area contributed by atoms with Crippen LogP contribution in [0.25, 0.3) is 0 Å². The van der Waals surface area contributed by atoms with Crippen molar-refractivity contribution in [1.82, 2.24) is 0 Å². The first-order valence-electron chi connectivity index (χ1n) is 6.27. The molecule has 1 unspecified atom stereocenters. The summed E-state index contributed by atoms with van der Waals surface area (Å²) in [7, 11) is 0. The molecule has 0 saturated heterocycles. The molecule has 1 aromatic carbocycles. The zero-order valence-electron chi connectivity index (χ0n) is 11.1. The highest BCUT2D eigenvalue weighted by Gasteiger charge is 2.66.